The van der Waals surface area contributed by atoms with Crippen molar-refractivity contribution in [3.05, 3.63) is 212 Å². The van der Waals surface area contributed by atoms with Gasteiger partial charge in [-0.25, -0.2) is 0 Å². The Balaban J connectivity index is 1.23. The number of hydrogen-bond donors (Lipinski definition) is 0. The van der Waals surface area contributed by atoms with Crippen molar-refractivity contribution in [3.8, 4) is 5.69 Å². The van der Waals surface area contributed by atoms with Crippen LogP contribution in [0.4, 0.5) is 34.1 Å². The topological polar surface area (TPSA) is 24.6 Å². The number of anilines is 6. The van der Waals surface area contributed by atoms with E-state index in [9.17, 15) is 0 Å². The molecule has 0 unspecified atom stereocenters. The van der Waals surface area contributed by atoms with Crippen molar-refractivity contribution in [1.82, 2.24) is 4.57 Å². The highest BCUT2D eigenvalue weighted by Crippen LogP contribution is 2.50. The number of hydrogen-bond acceptors (Lipinski definition) is 3. The van der Waals surface area contributed by atoms with E-state index in [0.717, 1.165) is 72.8 Å². The number of benzene rings is 10. The molecule has 0 amide bonds. The standard InChI is InChI=1S/C62H53N3OSi2/c1-67(2,3)47-34-29-44(30-35-47)63(42-19-9-7-10-20-42)55-40-57-61(52-26-15-13-23-49(52)55)62-53-27-16-14-24-50(53)56(64(43-21-11-8-12-22-43)45-31-36-48(37-32-45)68(4,5)6)41-58(62)65(57)46-33-38-60-54(39-46)51-25-17-18-28-59(51)66-60/h7-41H,1-6H3. The monoisotopic (exact) mass is 911 g/mol. The molecule has 0 aliphatic carbocycles. The van der Waals surface area contributed by atoms with E-state index < -0.39 is 16.1 Å². The van der Waals surface area contributed by atoms with Gasteiger partial charge in [0.25, 0.3) is 0 Å². The van der Waals surface area contributed by atoms with Crippen LogP contribution >= 0.6 is 0 Å². The third-order valence-electron chi connectivity index (χ3n) is 13.8. The molecule has 0 saturated carbocycles. The van der Waals surface area contributed by atoms with Gasteiger partial charge in [0.05, 0.1) is 38.6 Å². The summed E-state index contributed by atoms with van der Waals surface area (Å²) in [6, 6.07) is 78.4. The molecule has 0 aliphatic heterocycles. The van der Waals surface area contributed by atoms with E-state index in [1.165, 1.54) is 42.7 Å². The van der Waals surface area contributed by atoms with E-state index in [0.29, 0.717) is 0 Å². The molecule has 0 radical (unpaired) electrons. The van der Waals surface area contributed by atoms with Crippen LogP contribution in [0.15, 0.2) is 217 Å². The van der Waals surface area contributed by atoms with Crippen LogP contribution in [0.25, 0.3) is 71.0 Å². The minimum Gasteiger partial charge on any atom is -0.456 e. The number of fused-ring (bicyclic) bond motifs is 10. The number of furan rings is 1. The Labute approximate surface area is 399 Å². The predicted octanol–water partition coefficient (Wildman–Crippen LogP) is 17.0. The zero-order valence-electron chi connectivity index (χ0n) is 39.5. The Morgan fingerprint density at radius 3 is 1.18 bits per heavy atom. The molecule has 10 aromatic carbocycles. The second-order valence-corrected chi connectivity index (χ2v) is 30.4. The predicted molar refractivity (Wildman–Crippen MR) is 298 cm³/mol. The molecule has 0 saturated heterocycles. The Hall–Kier alpha value is -7.65. The second-order valence-electron chi connectivity index (χ2n) is 20.2. The molecule has 68 heavy (non-hydrogen) atoms. The Morgan fingerprint density at radius 1 is 0.338 bits per heavy atom. The van der Waals surface area contributed by atoms with E-state index in [2.05, 4.69) is 260 Å². The fourth-order valence-corrected chi connectivity index (χ4v) is 12.8. The van der Waals surface area contributed by atoms with Crippen molar-refractivity contribution >= 4 is 126 Å². The Kier molecular flexibility index (Phi) is 9.83. The van der Waals surface area contributed by atoms with Gasteiger partial charge in [-0.05, 0) is 95.7 Å². The molecule has 12 rings (SSSR count). The molecule has 2 heterocycles. The second kappa shape index (κ2) is 16.0. The lowest BCUT2D eigenvalue weighted by Crippen LogP contribution is -2.37. The molecule has 0 aliphatic rings. The first-order valence-electron chi connectivity index (χ1n) is 23.8. The van der Waals surface area contributed by atoms with Crippen LogP contribution in [-0.2, 0) is 0 Å². The first kappa shape index (κ1) is 41.8. The fraction of sp³-hybridized carbons (Fsp3) is 0.0968. The van der Waals surface area contributed by atoms with Gasteiger partial charge in [-0.15, -0.1) is 0 Å². The summed E-state index contributed by atoms with van der Waals surface area (Å²) in [5, 5.41) is 12.3. The summed E-state index contributed by atoms with van der Waals surface area (Å²) in [5.74, 6) is 0. The highest BCUT2D eigenvalue weighted by Gasteiger charge is 2.27. The van der Waals surface area contributed by atoms with Crippen LogP contribution in [-0.4, -0.2) is 20.7 Å². The Bertz CT molecular complexity index is 3660. The molecule has 0 spiro atoms. The van der Waals surface area contributed by atoms with E-state index in [-0.39, 0.29) is 0 Å². The van der Waals surface area contributed by atoms with E-state index in [1.54, 1.807) is 0 Å². The number of rotatable bonds is 9. The molecule has 2 aromatic heterocycles. The van der Waals surface area contributed by atoms with Gasteiger partial charge in [0.15, 0.2) is 0 Å². The van der Waals surface area contributed by atoms with Crippen molar-refractivity contribution in [2.24, 2.45) is 0 Å². The first-order valence-corrected chi connectivity index (χ1v) is 30.8. The van der Waals surface area contributed by atoms with E-state index in [1.807, 2.05) is 6.07 Å². The van der Waals surface area contributed by atoms with Gasteiger partial charge in [0.1, 0.15) is 11.2 Å². The molecule has 0 fully saturated rings. The van der Waals surface area contributed by atoms with Crippen molar-refractivity contribution in [3.63, 3.8) is 0 Å². The largest absolute Gasteiger partial charge is 0.456 e. The maximum Gasteiger partial charge on any atom is 0.135 e. The van der Waals surface area contributed by atoms with Crippen molar-refractivity contribution in [2.75, 3.05) is 9.80 Å². The maximum absolute atomic E-state index is 6.45. The van der Waals surface area contributed by atoms with Crippen LogP contribution in [0.3, 0.4) is 0 Å². The van der Waals surface area contributed by atoms with Crippen LogP contribution in [0, 0.1) is 0 Å². The van der Waals surface area contributed by atoms with Gasteiger partial charge in [0, 0.05) is 60.8 Å². The minimum atomic E-state index is -1.55. The molecule has 12 aromatic rings. The SMILES string of the molecule is C[Si](C)(C)c1ccc(N(c2ccccc2)c2cc3c(c4ccccc24)c2c4ccccc4c(N(c4ccccc4)c4ccc([Si](C)(C)C)cc4)cc2n3-c2ccc3oc4ccccc4c3c2)cc1. The van der Waals surface area contributed by atoms with Gasteiger partial charge in [-0.2, -0.15) is 0 Å². The van der Waals surface area contributed by atoms with Gasteiger partial charge >= 0.3 is 0 Å². The van der Waals surface area contributed by atoms with Crippen LogP contribution in [0.2, 0.25) is 39.3 Å². The van der Waals surface area contributed by atoms with Crippen LogP contribution in [0.5, 0.6) is 0 Å². The van der Waals surface area contributed by atoms with Gasteiger partial charge in [0.2, 0.25) is 0 Å². The van der Waals surface area contributed by atoms with E-state index >= 15 is 0 Å². The summed E-state index contributed by atoms with van der Waals surface area (Å²) < 4.78 is 8.97. The number of aromatic nitrogens is 1. The lowest BCUT2D eigenvalue weighted by Gasteiger charge is -2.28. The van der Waals surface area contributed by atoms with Gasteiger partial charge < -0.3 is 18.8 Å². The zero-order chi connectivity index (χ0) is 46.3. The smallest absolute Gasteiger partial charge is 0.135 e. The molecule has 6 heteroatoms. The summed E-state index contributed by atoms with van der Waals surface area (Å²) >= 11 is 0. The summed E-state index contributed by atoms with van der Waals surface area (Å²) in [6.45, 7) is 14.5. The molecular formula is C62H53N3OSi2. The minimum absolute atomic E-state index is 0.877. The van der Waals surface area contributed by atoms with E-state index in [4.69, 9.17) is 4.42 Å². The molecule has 330 valence electrons. The first-order chi connectivity index (χ1) is 33.0. The fourth-order valence-electron chi connectivity index (χ4n) is 10.4. The number of nitrogens with zero attached hydrogens (tertiary/aromatic N) is 3. The molecule has 4 nitrogen and oxygen atoms in total. The molecule has 0 atom stereocenters. The maximum atomic E-state index is 6.45. The van der Waals surface area contributed by atoms with Crippen LogP contribution in [0.1, 0.15) is 0 Å². The summed E-state index contributed by atoms with van der Waals surface area (Å²) in [6.07, 6.45) is 0. The van der Waals surface area contributed by atoms with Gasteiger partial charge in [-0.1, -0.05) is 177 Å². The van der Waals surface area contributed by atoms with Crippen molar-refractivity contribution < 1.29 is 4.42 Å². The number of para-hydroxylation sites is 3. The third kappa shape index (κ3) is 6.94. The molecular weight excluding hydrogens is 859 g/mol. The average Bonchev–Trinajstić information content (AvgIpc) is 3.90. The quantitative estimate of drug-likeness (QED) is 0.135. The lowest BCUT2D eigenvalue weighted by molar-refractivity contribution is 0.669. The lowest BCUT2D eigenvalue weighted by atomic mass is 9.96. The highest BCUT2D eigenvalue weighted by atomic mass is 28.3. The normalized spacial score (nSPS) is 12.3. The summed E-state index contributed by atoms with van der Waals surface area (Å²) in [7, 11) is -3.09. The summed E-state index contributed by atoms with van der Waals surface area (Å²) in [5.41, 5.74) is 11.8. The Morgan fingerprint density at radius 2 is 0.721 bits per heavy atom. The average molecular weight is 912 g/mol. The highest BCUT2D eigenvalue weighted by molar-refractivity contribution is 6.89. The van der Waals surface area contributed by atoms with Crippen molar-refractivity contribution in [1.29, 1.82) is 0 Å². The zero-order valence-corrected chi connectivity index (χ0v) is 41.5. The van der Waals surface area contributed by atoms with Crippen LogP contribution < -0.4 is 20.2 Å². The third-order valence-corrected chi connectivity index (χ3v) is 18.0. The molecule has 0 bridgehead atoms. The molecule has 0 N–H and O–H groups in total. The van der Waals surface area contributed by atoms with Gasteiger partial charge in [-0.3, -0.25) is 0 Å². The summed E-state index contributed by atoms with van der Waals surface area (Å²) in [4.78, 5) is 4.91. The van der Waals surface area contributed by atoms with Crippen molar-refractivity contribution in [2.45, 2.75) is 39.3 Å².